The minimum absolute atomic E-state index is 0.0286. The molecule has 0 saturated carbocycles. The van der Waals surface area contributed by atoms with Gasteiger partial charge in [-0.1, -0.05) is 0 Å². The van der Waals surface area contributed by atoms with Crippen LogP contribution in [-0.2, 0) is 27.4 Å². The lowest BCUT2D eigenvalue weighted by Gasteiger charge is -2.33. The smallest absolute Gasteiger partial charge is 0.416 e. The van der Waals surface area contributed by atoms with E-state index in [-0.39, 0.29) is 42.5 Å². The summed E-state index contributed by atoms with van der Waals surface area (Å²) in [4.78, 5) is 9.82. The van der Waals surface area contributed by atoms with Crippen LogP contribution in [0.3, 0.4) is 0 Å². The normalized spacial score (nSPS) is 16.5. The second-order valence-corrected chi connectivity index (χ2v) is 9.35. The van der Waals surface area contributed by atoms with Gasteiger partial charge in [0.2, 0.25) is 15.8 Å². The molecule has 0 amide bonds. The first-order chi connectivity index (χ1) is 15.2. The molecule has 0 saturated heterocycles. The van der Waals surface area contributed by atoms with E-state index in [4.69, 9.17) is 9.84 Å². The number of hydrogen-bond donors (Lipinski definition) is 1. The molecule has 0 fully saturated rings. The van der Waals surface area contributed by atoms with Crippen molar-refractivity contribution in [1.82, 2.24) is 4.31 Å². The molecule has 0 radical (unpaired) electrons. The van der Waals surface area contributed by atoms with Crippen molar-refractivity contribution in [2.24, 2.45) is 0 Å². The van der Waals surface area contributed by atoms with Gasteiger partial charge in [-0.25, -0.2) is 22.0 Å². The molecule has 1 aliphatic rings. The molecule has 1 unspecified atom stereocenters. The Hall–Kier alpha value is -2.80. The molecule has 0 aliphatic heterocycles. The Labute approximate surface area is 184 Å². The number of rotatable bonds is 6. The Morgan fingerprint density at radius 1 is 1.18 bits per heavy atom. The molecule has 0 heterocycles. The highest BCUT2D eigenvalue weighted by molar-refractivity contribution is 7.89. The lowest BCUT2D eigenvalue weighted by Crippen LogP contribution is -2.34. The predicted octanol–water partition coefficient (Wildman–Crippen LogP) is 4.28. The van der Waals surface area contributed by atoms with Gasteiger partial charge < -0.3 is 9.84 Å². The summed E-state index contributed by atoms with van der Waals surface area (Å²) in [6, 6.07) is 0.446. The Balaban J connectivity index is 2.07. The molecule has 33 heavy (non-hydrogen) atoms. The third kappa shape index (κ3) is 4.93. The summed E-state index contributed by atoms with van der Waals surface area (Å²) in [5.41, 5.74) is -1.49. The first-order valence-electron chi connectivity index (χ1n) is 9.44. The summed E-state index contributed by atoms with van der Waals surface area (Å²) in [5, 5.41) is 8.77. The fraction of sp³-hybridized carbons (Fsp3) is 0.350. The van der Waals surface area contributed by atoms with E-state index in [2.05, 4.69) is 0 Å². The number of sulfonamides is 1. The van der Waals surface area contributed by atoms with Crippen molar-refractivity contribution in [3.63, 3.8) is 0 Å². The van der Waals surface area contributed by atoms with Crippen LogP contribution in [0.4, 0.5) is 26.3 Å². The van der Waals surface area contributed by atoms with Gasteiger partial charge in [-0.3, -0.25) is 0 Å². The molecule has 0 aromatic heterocycles. The molecular formula is C20H17F6NO5S. The minimum Gasteiger partial charge on any atom is -0.479 e. The van der Waals surface area contributed by atoms with E-state index in [1.807, 2.05) is 0 Å². The third-order valence-corrected chi connectivity index (χ3v) is 7.08. The number of nitrogens with zero attached hydrogens (tertiary/aromatic N) is 1. The second kappa shape index (κ2) is 8.86. The molecule has 0 bridgehead atoms. The monoisotopic (exact) mass is 497 g/mol. The van der Waals surface area contributed by atoms with E-state index in [9.17, 15) is 39.6 Å². The van der Waals surface area contributed by atoms with Gasteiger partial charge in [-0.15, -0.1) is 0 Å². The molecule has 1 aliphatic carbocycles. The fourth-order valence-electron chi connectivity index (χ4n) is 3.71. The van der Waals surface area contributed by atoms with Crippen molar-refractivity contribution < 1.29 is 49.4 Å². The molecular weight excluding hydrogens is 480 g/mol. The molecule has 2 aromatic rings. The summed E-state index contributed by atoms with van der Waals surface area (Å²) in [5.74, 6) is -6.41. The van der Waals surface area contributed by atoms with E-state index in [0.29, 0.717) is 10.4 Å². The zero-order chi connectivity index (χ0) is 24.7. The van der Waals surface area contributed by atoms with Gasteiger partial charge in [0.1, 0.15) is 5.82 Å². The van der Waals surface area contributed by atoms with E-state index in [1.54, 1.807) is 0 Å². The van der Waals surface area contributed by atoms with Gasteiger partial charge in [-0.05, 0) is 49.1 Å². The Bertz CT molecular complexity index is 1200. The highest BCUT2D eigenvalue weighted by Crippen LogP contribution is 2.42. The molecule has 2 aromatic carbocycles. The van der Waals surface area contributed by atoms with Crippen molar-refractivity contribution in [2.75, 3.05) is 13.7 Å². The van der Waals surface area contributed by atoms with Crippen molar-refractivity contribution in [3.05, 3.63) is 58.4 Å². The van der Waals surface area contributed by atoms with Gasteiger partial charge in [0.05, 0.1) is 16.5 Å². The average Bonchev–Trinajstić information content (AvgIpc) is 2.72. The largest absolute Gasteiger partial charge is 0.479 e. The fourth-order valence-corrected chi connectivity index (χ4v) is 5.14. The van der Waals surface area contributed by atoms with Crippen molar-refractivity contribution in [2.45, 2.75) is 36.4 Å². The van der Waals surface area contributed by atoms with Crippen LogP contribution in [0.25, 0.3) is 0 Å². The maximum Gasteiger partial charge on any atom is 0.416 e. The number of alkyl halides is 3. The maximum absolute atomic E-state index is 14.3. The van der Waals surface area contributed by atoms with Gasteiger partial charge >= 0.3 is 12.1 Å². The minimum atomic E-state index is -5.00. The molecule has 1 atom stereocenters. The van der Waals surface area contributed by atoms with Crippen LogP contribution in [0.5, 0.6) is 5.75 Å². The standard InChI is InChI=1S/C20H17F6NO5S/c1-27(33(30,31)12-6-10(20(24,25)26)5-11(21)7-12)16-4-2-3-13-14(16)8-15(22)18(23)19(13)32-9-17(28)29/h5-8,16H,2-4,9H2,1H3,(H,28,29). The predicted molar refractivity (Wildman–Crippen MR) is 102 cm³/mol. The Kier molecular flexibility index (Phi) is 6.67. The number of ether oxygens (including phenoxy) is 1. The number of carboxylic acid groups (broad SMARTS) is 1. The number of carboxylic acids is 1. The van der Waals surface area contributed by atoms with E-state index in [1.165, 1.54) is 0 Å². The number of fused-ring (bicyclic) bond motifs is 1. The zero-order valence-corrected chi connectivity index (χ0v) is 17.7. The summed E-state index contributed by atoms with van der Waals surface area (Å²) in [7, 11) is -3.69. The van der Waals surface area contributed by atoms with Gasteiger partial charge in [0.25, 0.3) is 0 Å². The van der Waals surface area contributed by atoms with Gasteiger partial charge in [-0.2, -0.15) is 21.9 Å². The van der Waals surface area contributed by atoms with Crippen LogP contribution < -0.4 is 4.74 Å². The Morgan fingerprint density at radius 2 is 1.85 bits per heavy atom. The number of carbonyl (C=O) groups is 1. The summed E-state index contributed by atoms with van der Waals surface area (Å²) in [6.45, 7) is -0.977. The van der Waals surface area contributed by atoms with Crippen LogP contribution in [-0.4, -0.2) is 37.5 Å². The van der Waals surface area contributed by atoms with Crippen LogP contribution >= 0.6 is 0 Å². The number of aliphatic carboxylic acids is 1. The molecule has 0 spiro atoms. The number of hydrogen-bond acceptors (Lipinski definition) is 4. The number of halogens is 6. The average molecular weight is 497 g/mol. The topological polar surface area (TPSA) is 83.9 Å². The van der Waals surface area contributed by atoms with E-state index >= 15 is 0 Å². The van der Waals surface area contributed by atoms with Crippen molar-refractivity contribution >= 4 is 16.0 Å². The van der Waals surface area contributed by atoms with Crippen LogP contribution in [0.2, 0.25) is 0 Å². The highest BCUT2D eigenvalue weighted by atomic mass is 32.2. The summed E-state index contributed by atoms with van der Waals surface area (Å²) < 4.78 is 113. The summed E-state index contributed by atoms with van der Waals surface area (Å²) >= 11 is 0. The highest BCUT2D eigenvalue weighted by Gasteiger charge is 2.37. The first-order valence-corrected chi connectivity index (χ1v) is 10.9. The number of benzene rings is 2. The Morgan fingerprint density at radius 3 is 2.45 bits per heavy atom. The lowest BCUT2D eigenvalue weighted by atomic mass is 9.86. The van der Waals surface area contributed by atoms with Crippen LogP contribution in [0, 0.1) is 17.5 Å². The molecule has 180 valence electrons. The first kappa shape index (κ1) is 24.8. The molecule has 13 heteroatoms. The van der Waals surface area contributed by atoms with Gasteiger partial charge in [0.15, 0.2) is 18.2 Å². The van der Waals surface area contributed by atoms with Crippen LogP contribution in [0.15, 0.2) is 29.2 Å². The van der Waals surface area contributed by atoms with Crippen LogP contribution in [0.1, 0.15) is 35.6 Å². The lowest BCUT2D eigenvalue weighted by molar-refractivity contribution is -0.139. The van der Waals surface area contributed by atoms with Gasteiger partial charge in [0, 0.05) is 12.6 Å². The molecule has 1 N–H and O–H groups in total. The van der Waals surface area contributed by atoms with E-state index < -0.39 is 68.5 Å². The molecule has 3 rings (SSSR count). The van der Waals surface area contributed by atoms with E-state index in [0.717, 1.165) is 13.1 Å². The summed E-state index contributed by atoms with van der Waals surface area (Å²) in [6.07, 6.45) is -4.54. The zero-order valence-electron chi connectivity index (χ0n) is 16.9. The van der Waals surface area contributed by atoms with Crippen molar-refractivity contribution in [3.8, 4) is 5.75 Å². The second-order valence-electron chi connectivity index (χ2n) is 7.35. The SMILES string of the molecule is CN(C1CCCc2c1cc(F)c(F)c2OCC(=O)O)S(=O)(=O)c1cc(F)cc(C(F)(F)F)c1. The quantitative estimate of drug-likeness (QED) is 0.603. The molecule has 6 nitrogen and oxygen atoms in total. The maximum atomic E-state index is 14.3. The van der Waals surface area contributed by atoms with Crippen molar-refractivity contribution in [1.29, 1.82) is 0 Å². The third-order valence-electron chi connectivity index (χ3n) is 5.23.